The topological polar surface area (TPSA) is 124 Å². The van der Waals surface area contributed by atoms with Crippen molar-refractivity contribution in [2.24, 2.45) is 0 Å². The van der Waals surface area contributed by atoms with Crippen LogP contribution in [0.2, 0.25) is 0 Å². The molecular formula is H9AlLi2O7P2. The van der Waals surface area contributed by atoms with Crippen molar-refractivity contribution >= 4 is 33.0 Å². The third-order valence-corrected chi connectivity index (χ3v) is 1.91. The fraction of sp³-hybridized carbons (Fsp3) is 0. The van der Waals surface area contributed by atoms with E-state index < -0.39 is 15.6 Å². The third-order valence-electron chi connectivity index (χ3n) is 0.213. The molecule has 0 amide bonds. The summed E-state index contributed by atoms with van der Waals surface area (Å²) >= 11 is 0. The second kappa shape index (κ2) is 8.31. The molecule has 0 radical (unpaired) electrons. The summed E-state index contributed by atoms with van der Waals surface area (Å²) in [5.74, 6) is 0. The number of phosphoric acid groups is 2. The largest absolute Gasteiger partial charge is 1.00 e. The van der Waals surface area contributed by atoms with Crippen LogP contribution in [0.4, 0.5) is 0 Å². The van der Waals surface area contributed by atoms with Gasteiger partial charge in [-0.25, -0.2) is 9.13 Å². The van der Waals surface area contributed by atoms with Crippen LogP contribution in [0.25, 0.3) is 0 Å². The smallest absolute Gasteiger partial charge is 1.00 e. The van der Waals surface area contributed by atoms with Crippen molar-refractivity contribution in [1.29, 1.82) is 0 Å². The van der Waals surface area contributed by atoms with Gasteiger partial charge in [-0.15, -0.1) is 0 Å². The first-order chi connectivity index (χ1) is 3.71. The van der Waals surface area contributed by atoms with Gasteiger partial charge in [0, 0.05) is 0 Å². The van der Waals surface area contributed by atoms with E-state index in [1.165, 1.54) is 0 Å². The van der Waals surface area contributed by atoms with Gasteiger partial charge in [-0.3, -0.25) is 0 Å². The second-order valence-electron chi connectivity index (χ2n) is 1.06. The summed E-state index contributed by atoms with van der Waals surface area (Å²) in [5.41, 5.74) is 0. The van der Waals surface area contributed by atoms with Gasteiger partial charge in [0.1, 0.15) is 0 Å². The van der Waals surface area contributed by atoms with Crippen LogP contribution < -0.4 is 37.7 Å². The maximum absolute atomic E-state index is 9.63. The van der Waals surface area contributed by atoms with E-state index in [2.05, 4.69) is 4.31 Å². The van der Waals surface area contributed by atoms with Crippen LogP contribution >= 0.6 is 15.6 Å². The minimum absolute atomic E-state index is 0. The summed E-state index contributed by atoms with van der Waals surface area (Å²) in [6.45, 7) is 0. The molecule has 0 rings (SSSR count). The molecule has 0 heterocycles. The first-order valence-electron chi connectivity index (χ1n) is 1.53. The molecule has 0 aromatic carbocycles. The molecule has 0 bridgehead atoms. The maximum atomic E-state index is 9.63. The average molecular weight is 224 g/mol. The molecule has 0 saturated heterocycles. The van der Waals surface area contributed by atoms with E-state index in [0.29, 0.717) is 0 Å². The number of rotatable bonds is 2. The molecule has 0 unspecified atom stereocenters. The molecule has 0 aromatic heterocycles. The van der Waals surface area contributed by atoms with Crippen LogP contribution in [0, 0.1) is 0 Å². The molecule has 66 valence electrons. The first-order valence-corrected chi connectivity index (χ1v) is 4.59. The summed E-state index contributed by atoms with van der Waals surface area (Å²) in [6.07, 6.45) is 0. The van der Waals surface area contributed by atoms with E-state index in [4.69, 9.17) is 19.6 Å². The molecule has 12 heteroatoms. The van der Waals surface area contributed by atoms with Crippen LogP contribution in [-0.2, 0) is 13.4 Å². The van der Waals surface area contributed by atoms with Gasteiger partial charge in [0.05, 0.1) is 0 Å². The zero-order chi connectivity index (χ0) is 7.71. The summed E-state index contributed by atoms with van der Waals surface area (Å²) in [4.78, 5) is 31.0. The Hall–Kier alpha value is 1.99. The van der Waals surface area contributed by atoms with Gasteiger partial charge in [-0.2, -0.15) is 4.31 Å². The van der Waals surface area contributed by atoms with E-state index in [1.807, 2.05) is 0 Å². The summed E-state index contributed by atoms with van der Waals surface area (Å²) in [7, 11) is -10.1. The zero-order valence-electron chi connectivity index (χ0n) is 7.91. The Bertz CT molecular complexity index is 168. The van der Waals surface area contributed by atoms with Crippen LogP contribution in [0.15, 0.2) is 0 Å². The van der Waals surface area contributed by atoms with Crippen molar-refractivity contribution < 1.29 is 73.6 Å². The normalized spacial score (nSPS) is 10.3. The molecule has 0 aliphatic carbocycles. The molecule has 0 spiro atoms. The van der Waals surface area contributed by atoms with E-state index in [0.717, 1.165) is 0 Å². The van der Waals surface area contributed by atoms with Crippen molar-refractivity contribution in [1.82, 2.24) is 0 Å². The molecule has 0 aliphatic heterocycles. The monoisotopic (exact) mass is 224 g/mol. The van der Waals surface area contributed by atoms with Gasteiger partial charge in [0.2, 0.25) is 0 Å². The molecule has 0 aromatic rings. The summed E-state index contributed by atoms with van der Waals surface area (Å²) in [6, 6.07) is 0. The van der Waals surface area contributed by atoms with Crippen LogP contribution in [0.5, 0.6) is 0 Å². The second-order valence-corrected chi connectivity index (χ2v) is 3.68. The van der Waals surface area contributed by atoms with Crippen molar-refractivity contribution in [2.75, 3.05) is 0 Å². The van der Waals surface area contributed by atoms with Crippen molar-refractivity contribution in [2.45, 2.75) is 0 Å². The van der Waals surface area contributed by atoms with Gasteiger partial charge >= 0.3 is 53.4 Å². The Labute approximate surface area is 106 Å². The van der Waals surface area contributed by atoms with Gasteiger partial charge < -0.3 is 22.4 Å². The quantitative estimate of drug-likeness (QED) is 0.271. The maximum Gasteiger partial charge on any atom is 1.00 e. The molecular weight excluding hydrogens is 215 g/mol. The Morgan fingerprint density at radius 1 is 0.917 bits per heavy atom. The standard InChI is InChI=1S/Al.2Li.H4O7P2.5H/c;;;1-8(2,3)7-9(4,5)6;;;;;/h;;;(H2,1,2,3)(H2,4,5,6);;;;;/q;2*+1;;;;;2*-1. The Kier molecular flexibility index (Phi) is 16.4. The van der Waals surface area contributed by atoms with Crippen molar-refractivity contribution in [3.8, 4) is 0 Å². The molecule has 12 heavy (non-hydrogen) atoms. The van der Waals surface area contributed by atoms with E-state index in [9.17, 15) is 9.13 Å². The average Bonchev–Trinajstić information content (AvgIpc) is 1.14. The SMILES string of the molecule is O=P(O)(O)OP(=O)(O)O.[AlH3].[H-].[H-].[Li+].[Li+]. The molecule has 7 nitrogen and oxygen atoms in total. The molecule has 0 atom stereocenters. The predicted molar refractivity (Wildman–Crippen MR) is 37.3 cm³/mol. The molecule has 4 N–H and O–H groups in total. The van der Waals surface area contributed by atoms with Crippen LogP contribution in [0.1, 0.15) is 2.85 Å². The fourth-order valence-electron chi connectivity index (χ4n) is 0.139. The fourth-order valence-corrected chi connectivity index (χ4v) is 1.25. The molecule has 0 fully saturated rings. The third kappa shape index (κ3) is 22.7. The van der Waals surface area contributed by atoms with Gasteiger partial charge in [0.15, 0.2) is 17.4 Å². The van der Waals surface area contributed by atoms with E-state index in [-0.39, 0.29) is 57.9 Å². The minimum Gasteiger partial charge on any atom is -1.00 e. The molecule has 0 saturated carbocycles. The van der Waals surface area contributed by atoms with Crippen LogP contribution in [0.3, 0.4) is 0 Å². The first kappa shape index (κ1) is 23.7. The van der Waals surface area contributed by atoms with Gasteiger partial charge in [0.25, 0.3) is 0 Å². The Morgan fingerprint density at radius 2 is 1.08 bits per heavy atom. The van der Waals surface area contributed by atoms with E-state index in [1.54, 1.807) is 0 Å². The predicted octanol–water partition coefficient (Wildman–Crippen LogP) is -7.76. The summed E-state index contributed by atoms with van der Waals surface area (Å²) < 4.78 is 22.2. The van der Waals surface area contributed by atoms with Crippen molar-refractivity contribution in [3.05, 3.63) is 0 Å². The number of hydrogen-bond acceptors (Lipinski definition) is 3. The minimum atomic E-state index is -5.05. The summed E-state index contributed by atoms with van der Waals surface area (Å²) in [5, 5.41) is 0. The van der Waals surface area contributed by atoms with E-state index >= 15 is 0 Å². The van der Waals surface area contributed by atoms with Crippen molar-refractivity contribution in [3.63, 3.8) is 0 Å². The molecule has 0 aliphatic rings. The number of hydrogen-bond donors (Lipinski definition) is 4. The Balaban J connectivity index is -0.0000000320. The van der Waals surface area contributed by atoms with Gasteiger partial charge in [-0.05, 0) is 0 Å². The van der Waals surface area contributed by atoms with Crippen LogP contribution in [-0.4, -0.2) is 36.9 Å². The van der Waals surface area contributed by atoms with Gasteiger partial charge in [-0.1, -0.05) is 0 Å². The zero-order valence-corrected chi connectivity index (χ0v) is 7.70. The Morgan fingerprint density at radius 3 is 1.08 bits per heavy atom.